The zero-order valence-corrected chi connectivity index (χ0v) is 13.9. The number of hydrogen-bond donors (Lipinski definition) is 1. The Hall–Kier alpha value is -1.31. The standard InChI is InChI=1S/C19H24ClN/c1-4-14-7-8-16(11-15(14)5-2)17-9-10-19(20)18(12-17)13-21-6-3/h7-12,21H,4-6,13H2,1-3H3. The molecule has 0 spiro atoms. The molecule has 0 atom stereocenters. The zero-order valence-electron chi connectivity index (χ0n) is 13.2. The number of halogens is 1. The first-order valence-corrected chi connectivity index (χ1v) is 8.18. The molecule has 0 saturated carbocycles. The molecule has 0 heterocycles. The van der Waals surface area contributed by atoms with E-state index < -0.39 is 0 Å². The van der Waals surface area contributed by atoms with Crippen LogP contribution in [0.5, 0.6) is 0 Å². The topological polar surface area (TPSA) is 12.0 Å². The molecule has 0 radical (unpaired) electrons. The maximum absolute atomic E-state index is 6.29. The average molecular weight is 302 g/mol. The molecule has 21 heavy (non-hydrogen) atoms. The van der Waals surface area contributed by atoms with Gasteiger partial charge in [0, 0.05) is 11.6 Å². The smallest absolute Gasteiger partial charge is 0.0451 e. The lowest BCUT2D eigenvalue weighted by molar-refractivity contribution is 0.727. The summed E-state index contributed by atoms with van der Waals surface area (Å²) in [4.78, 5) is 0. The summed E-state index contributed by atoms with van der Waals surface area (Å²) in [5.41, 5.74) is 6.57. The fourth-order valence-corrected chi connectivity index (χ4v) is 2.81. The molecule has 0 bridgehead atoms. The third kappa shape index (κ3) is 3.87. The zero-order chi connectivity index (χ0) is 15.2. The van der Waals surface area contributed by atoms with E-state index in [2.05, 4.69) is 56.4 Å². The van der Waals surface area contributed by atoms with Crippen molar-refractivity contribution >= 4 is 11.6 Å². The predicted molar refractivity (Wildman–Crippen MR) is 93.0 cm³/mol. The quantitative estimate of drug-likeness (QED) is 0.769. The van der Waals surface area contributed by atoms with Gasteiger partial charge in [-0.05, 0) is 59.3 Å². The molecule has 2 rings (SSSR count). The van der Waals surface area contributed by atoms with Gasteiger partial charge >= 0.3 is 0 Å². The van der Waals surface area contributed by atoms with E-state index in [1.807, 2.05) is 6.07 Å². The fourth-order valence-electron chi connectivity index (χ4n) is 2.63. The number of rotatable bonds is 6. The first kappa shape index (κ1) is 16.1. The van der Waals surface area contributed by atoms with Crippen LogP contribution >= 0.6 is 11.6 Å². The maximum atomic E-state index is 6.29. The Labute approximate surface area is 133 Å². The molecule has 0 aliphatic carbocycles. The van der Waals surface area contributed by atoms with Crippen molar-refractivity contribution in [2.24, 2.45) is 0 Å². The van der Waals surface area contributed by atoms with E-state index in [0.29, 0.717) is 0 Å². The first-order chi connectivity index (χ1) is 10.2. The second kappa shape index (κ2) is 7.63. The largest absolute Gasteiger partial charge is 0.313 e. The van der Waals surface area contributed by atoms with Crippen LogP contribution < -0.4 is 5.32 Å². The monoisotopic (exact) mass is 301 g/mol. The van der Waals surface area contributed by atoms with E-state index in [9.17, 15) is 0 Å². The summed E-state index contributed by atoms with van der Waals surface area (Å²) >= 11 is 6.29. The Morgan fingerprint density at radius 1 is 0.810 bits per heavy atom. The maximum Gasteiger partial charge on any atom is 0.0451 e. The number of nitrogens with one attached hydrogen (secondary N) is 1. The van der Waals surface area contributed by atoms with Crippen LogP contribution in [0.1, 0.15) is 37.5 Å². The highest BCUT2D eigenvalue weighted by molar-refractivity contribution is 6.31. The third-order valence-corrected chi connectivity index (χ3v) is 4.28. The molecule has 2 heteroatoms. The average Bonchev–Trinajstić information content (AvgIpc) is 2.53. The lowest BCUT2D eigenvalue weighted by Gasteiger charge is -2.12. The van der Waals surface area contributed by atoms with Gasteiger partial charge in [-0.3, -0.25) is 0 Å². The molecule has 1 nitrogen and oxygen atoms in total. The Morgan fingerprint density at radius 3 is 2.05 bits per heavy atom. The van der Waals surface area contributed by atoms with Gasteiger partial charge in [-0.25, -0.2) is 0 Å². The van der Waals surface area contributed by atoms with Crippen LogP contribution in [-0.2, 0) is 19.4 Å². The van der Waals surface area contributed by atoms with Crippen molar-refractivity contribution in [1.29, 1.82) is 0 Å². The Kier molecular flexibility index (Phi) is 5.84. The van der Waals surface area contributed by atoms with Crippen molar-refractivity contribution in [3.8, 4) is 11.1 Å². The summed E-state index contributed by atoms with van der Waals surface area (Å²) in [6.45, 7) is 8.30. The SMILES string of the molecule is CCNCc1cc(-c2ccc(CC)c(CC)c2)ccc1Cl. The lowest BCUT2D eigenvalue weighted by atomic mass is 9.96. The van der Waals surface area contributed by atoms with Gasteiger partial charge in [0.2, 0.25) is 0 Å². The Bertz CT molecular complexity index is 605. The van der Waals surface area contributed by atoms with Crippen molar-refractivity contribution in [1.82, 2.24) is 5.32 Å². The molecule has 0 aromatic heterocycles. The van der Waals surface area contributed by atoms with Crippen LogP contribution in [0, 0.1) is 0 Å². The van der Waals surface area contributed by atoms with Crippen molar-refractivity contribution in [3.63, 3.8) is 0 Å². The van der Waals surface area contributed by atoms with Gasteiger partial charge in [0.25, 0.3) is 0 Å². The second-order valence-electron chi connectivity index (χ2n) is 5.28. The van der Waals surface area contributed by atoms with E-state index in [-0.39, 0.29) is 0 Å². The molecule has 2 aromatic rings. The van der Waals surface area contributed by atoms with Gasteiger partial charge in [-0.15, -0.1) is 0 Å². The Morgan fingerprint density at radius 2 is 1.43 bits per heavy atom. The molecule has 0 saturated heterocycles. The minimum Gasteiger partial charge on any atom is -0.313 e. The molecule has 2 aromatic carbocycles. The third-order valence-electron chi connectivity index (χ3n) is 3.91. The highest BCUT2D eigenvalue weighted by Crippen LogP contribution is 2.27. The molecule has 0 fully saturated rings. The predicted octanol–water partition coefficient (Wildman–Crippen LogP) is 5.24. The summed E-state index contributed by atoms with van der Waals surface area (Å²) in [5.74, 6) is 0. The van der Waals surface area contributed by atoms with Crippen LogP contribution in [0.15, 0.2) is 36.4 Å². The van der Waals surface area contributed by atoms with Crippen LogP contribution in [-0.4, -0.2) is 6.54 Å². The van der Waals surface area contributed by atoms with Crippen LogP contribution in [0.25, 0.3) is 11.1 Å². The lowest BCUT2D eigenvalue weighted by Crippen LogP contribution is -2.12. The van der Waals surface area contributed by atoms with Gasteiger partial charge in [0.15, 0.2) is 0 Å². The molecule has 1 N–H and O–H groups in total. The van der Waals surface area contributed by atoms with Gasteiger partial charge in [-0.1, -0.05) is 56.6 Å². The number of hydrogen-bond acceptors (Lipinski definition) is 1. The molecule has 0 aliphatic rings. The van der Waals surface area contributed by atoms with Gasteiger partial charge in [0.05, 0.1) is 0 Å². The molecule has 0 aliphatic heterocycles. The fraction of sp³-hybridized carbons (Fsp3) is 0.368. The van der Waals surface area contributed by atoms with E-state index in [0.717, 1.165) is 36.5 Å². The van der Waals surface area contributed by atoms with Crippen LogP contribution in [0.2, 0.25) is 5.02 Å². The summed E-state index contributed by atoms with van der Waals surface area (Å²) in [6, 6.07) is 13.1. The Balaban J connectivity index is 2.37. The van der Waals surface area contributed by atoms with E-state index >= 15 is 0 Å². The molecule has 112 valence electrons. The summed E-state index contributed by atoms with van der Waals surface area (Å²) in [5, 5.41) is 4.17. The number of aryl methyl sites for hydroxylation is 2. The summed E-state index contributed by atoms with van der Waals surface area (Å²) < 4.78 is 0. The highest BCUT2D eigenvalue weighted by Gasteiger charge is 2.06. The highest BCUT2D eigenvalue weighted by atomic mass is 35.5. The molecular weight excluding hydrogens is 278 g/mol. The van der Waals surface area contributed by atoms with Gasteiger partial charge in [-0.2, -0.15) is 0 Å². The van der Waals surface area contributed by atoms with Crippen molar-refractivity contribution in [3.05, 3.63) is 58.1 Å². The van der Waals surface area contributed by atoms with E-state index in [4.69, 9.17) is 11.6 Å². The van der Waals surface area contributed by atoms with Crippen LogP contribution in [0.3, 0.4) is 0 Å². The van der Waals surface area contributed by atoms with Crippen molar-refractivity contribution in [2.45, 2.75) is 40.2 Å². The second-order valence-corrected chi connectivity index (χ2v) is 5.68. The number of benzene rings is 2. The molecule has 0 unspecified atom stereocenters. The summed E-state index contributed by atoms with van der Waals surface area (Å²) in [7, 11) is 0. The minimum absolute atomic E-state index is 0.816. The first-order valence-electron chi connectivity index (χ1n) is 7.80. The normalized spacial score (nSPS) is 10.9. The van der Waals surface area contributed by atoms with Gasteiger partial charge in [0.1, 0.15) is 0 Å². The van der Waals surface area contributed by atoms with Gasteiger partial charge < -0.3 is 5.32 Å². The molecular formula is C19H24ClN. The van der Waals surface area contributed by atoms with Crippen molar-refractivity contribution in [2.75, 3.05) is 6.54 Å². The molecule has 0 amide bonds. The van der Waals surface area contributed by atoms with E-state index in [1.165, 1.54) is 22.3 Å². The van der Waals surface area contributed by atoms with Crippen molar-refractivity contribution < 1.29 is 0 Å². The minimum atomic E-state index is 0.816. The van der Waals surface area contributed by atoms with Crippen LogP contribution in [0.4, 0.5) is 0 Å². The van der Waals surface area contributed by atoms with E-state index in [1.54, 1.807) is 0 Å². The summed E-state index contributed by atoms with van der Waals surface area (Å²) in [6.07, 6.45) is 2.17.